The standard InChI is InChI=1S/C12H24N2O/c1-2-3-12(15)8-13-10-6-7-14(9-10)11-4-5-11/h10-13,15H,2-9H2,1H3. The SMILES string of the molecule is CCCC(O)CNC1CCN(C2CC2)C1. The summed E-state index contributed by atoms with van der Waals surface area (Å²) in [6.45, 7) is 5.35. The zero-order valence-electron chi connectivity index (χ0n) is 9.78. The summed E-state index contributed by atoms with van der Waals surface area (Å²) in [5.41, 5.74) is 0. The van der Waals surface area contributed by atoms with Gasteiger partial charge in [-0.25, -0.2) is 0 Å². The van der Waals surface area contributed by atoms with E-state index in [0.29, 0.717) is 6.04 Å². The summed E-state index contributed by atoms with van der Waals surface area (Å²) < 4.78 is 0. The Kier molecular flexibility index (Phi) is 4.00. The molecule has 2 fully saturated rings. The van der Waals surface area contributed by atoms with E-state index in [9.17, 15) is 5.11 Å². The number of nitrogens with zero attached hydrogens (tertiary/aromatic N) is 1. The van der Waals surface area contributed by atoms with Crippen molar-refractivity contribution in [2.24, 2.45) is 0 Å². The van der Waals surface area contributed by atoms with Crippen LogP contribution < -0.4 is 5.32 Å². The fraction of sp³-hybridized carbons (Fsp3) is 1.00. The minimum absolute atomic E-state index is 0.148. The number of aliphatic hydroxyl groups is 1. The number of rotatable bonds is 6. The van der Waals surface area contributed by atoms with Crippen LogP contribution in [0.15, 0.2) is 0 Å². The summed E-state index contributed by atoms with van der Waals surface area (Å²) in [5, 5.41) is 13.1. The number of hydrogen-bond donors (Lipinski definition) is 2. The van der Waals surface area contributed by atoms with Crippen LogP contribution in [-0.2, 0) is 0 Å². The third-order valence-electron chi connectivity index (χ3n) is 3.55. The van der Waals surface area contributed by atoms with Gasteiger partial charge in [0.1, 0.15) is 0 Å². The van der Waals surface area contributed by atoms with Gasteiger partial charge in [-0.3, -0.25) is 4.90 Å². The molecule has 15 heavy (non-hydrogen) atoms. The average molecular weight is 212 g/mol. The molecule has 0 aromatic heterocycles. The molecule has 1 saturated carbocycles. The molecule has 0 spiro atoms. The van der Waals surface area contributed by atoms with E-state index in [1.807, 2.05) is 0 Å². The van der Waals surface area contributed by atoms with Crippen molar-refractivity contribution in [3.05, 3.63) is 0 Å². The maximum Gasteiger partial charge on any atom is 0.0664 e. The Labute approximate surface area is 92.8 Å². The van der Waals surface area contributed by atoms with E-state index in [1.165, 1.54) is 32.4 Å². The van der Waals surface area contributed by atoms with Gasteiger partial charge in [-0.2, -0.15) is 0 Å². The summed E-state index contributed by atoms with van der Waals surface area (Å²) in [6, 6.07) is 1.52. The zero-order valence-corrected chi connectivity index (χ0v) is 9.78. The third-order valence-corrected chi connectivity index (χ3v) is 3.55. The van der Waals surface area contributed by atoms with Gasteiger partial charge in [0, 0.05) is 31.7 Å². The second-order valence-electron chi connectivity index (χ2n) is 5.06. The van der Waals surface area contributed by atoms with E-state index >= 15 is 0 Å². The van der Waals surface area contributed by atoms with Gasteiger partial charge in [0.2, 0.25) is 0 Å². The van der Waals surface area contributed by atoms with Crippen molar-refractivity contribution in [3.8, 4) is 0 Å². The Bertz CT molecular complexity index is 194. The van der Waals surface area contributed by atoms with Crippen LogP contribution in [0.4, 0.5) is 0 Å². The molecule has 2 aliphatic rings. The first-order valence-electron chi connectivity index (χ1n) is 6.45. The minimum Gasteiger partial charge on any atom is -0.392 e. The molecule has 0 aromatic carbocycles. The minimum atomic E-state index is -0.148. The highest BCUT2D eigenvalue weighted by Gasteiger charge is 2.34. The molecule has 3 nitrogen and oxygen atoms in total. The van der Waals surface area contributed by atoms with Crippen LogP contribution >= 0.6 is 0 Å². The van der Waals surface area contributed by atoms with Crippen LogP contribution in [0, 0.1) is 0 Å². The predicted octanol–water partition coefficient (Wildman–Crippen LogP) is 0.974. The number of aliphatic hydroxyl groups excluding tert-OH is 1. The van der Waals surface area contributed by atoms with Crippen LogP contribution in [-0.4, -0.2) is 47.8 Å². The van der Waals surface area contributed by atoms with Crippen molar-refractivity contribution in [2.45, 2.75) is 57.2 Å². The molecule has 1 aliphatic heterocycles. The molecular weight excluding hydrogens is 188 g/mol. The fourth-order valence-corrected chi connectivity index (χ4v) is 2.46. The monoisotopic (exact) mass is 212 g/mol. The highest BCUT2D eigenvalue weighted by atomic mass is 16.3. The smallest absolute Gasteiger partial charge is 0.0664 e. The Hall–Kier alpha value is -0.120. The molecule has 0 bridgehead atoms. The molecule has 0 amide bonds. The number of hydrogen-bond acceptors (Lipinski definition) is 3. The van der Waals surface area contributed by atoms with Crippen LogP contribution in [0.25, 0.3) is 0 Å². The Balaban J connectivity index is 1.59. The normalized spacial score (nSPS) is 29.6. The molecule has 2 unspecified atom stereocenters. The van der Waals surface area contributed by atoms with E-state index in [-0.39, 0.29) is 6.10 Å². The fourth-order valence-electron chi connectivity index (χ4n) is 2.46. The van der Waals surface area contributed by atoms with Crippen molar-refractivity contribution in [3.63, 3.8) is 0 Å². The molecule has 1 heterocycles. The third kappa shape index (κ3) is 3.44. The van der Waals surface area contributed by atoms with E-state index < -0.39 is 0 Å². The summed E-state index contributed by atoms with van der Waals surface area (Å²) in [4.78, 5) is 2.60. The van der Waals surface area contributed by atoms with Gasteiger partial charge in [0.05, 0.1) is 6.10 Å². The van der Waals surface area contributed by atoms with Gasteiger partial charge >= 0.3 is 0 Å². The second-order valence-corrected chi connectivity index (χ2v) is 5.06. The number of likely N-dealkylation sites (tertiary alicyclic amines) is 1. The lowest BCUT2D eigenvalue weighted by Gasteiger charge is -2.17. The molecule has 2 atom stereocenters. The van der Waals surface area contributed by atoms with Gasteiger partial charge in [-0.1, -0.05) is 13.3 Å². The van der Waals surface area contributed by atoms with E-state index in [2.05, 4.69) is 17.1 Å². The highest BCUT2D eigenvalue weighted by Crippen LogP contribution is 2.29. The van der Waals surface area contributed by atoms with Gasteiger partial charge in [0.25, 0.3) is 0 Å². The van der Waals surface area contributed by atoms with E-state index in [1.54, 1.807) is 0 Å². The Morgan fingerprint density at radius 1 is 1.40 bits per heavy atom. The average Bonchev–Trinajstić information content (AvgIpc) is 2.96. The van der Waals surface area contributed by atoms with Gasteiger partial charge in [-0.15, -0.1) is 0 Å². The molecule has 1 aliphatic carbocycles. The molecule has 0 aromatic rings. The summed E-state index contributed by atoms with van der Waals surface area (Å²) in [6.07, 6.45) is 5.92. The Morgan fingerprint density at radius 3 is 2.87 bits per heavy atom. The van der Waals surface area contributed by atoms with Crippen LogP contribution in [0.1, 0.15) is 39.0 Å². The number of nitrogens with one attached hydrogen (secondary N) is 1. The first-order valence-corrected chi connectivity index (χ1v) is 6.45. The summed E-state index contributed by atoms with van der Waals surface area (Å²) in [7, 11) is 0. The molecule has 1 saturated heterocycles. The topological polar surface area (TPSA) is 35.5 Å². The first kappa shape index (κ1) is 11.4. The molecule has 2 N–H and O–H groups in total. The van der Waals surface area contributed by atoms with Crippen LogP contribution in [0.2, 0.25) is 0 Å². The van der Waals surface area contributed by atoms with Gasteiger partial charge in [0.15, 0.2) is 0 Å². The lowest BCUT2D eigenvalue weighted by atomic mass is 10.2. The van der Waals surface area contributed by atoms with Gasteiger partial charge < -0.3 is 10.4 Å². The largest absolute Gasteiger partial charge is 0.392 e. The van der Waals surface area contributed by atoms with Crippen molar-refractivity contribution in [1.29, 1.82) is 0 Å². The molecule has 88 valence electrons. The van der Waals surface area contributed by atoms with Crippen LogP contribution in [0.3, 0.4) is 0 Å². The first-order chi connectivity index (χ1) is 7.29. The van der Waals surface area contributed by atoms with Crippen molar-refractivity contribution in [1.82, 2.24) is 10.2 Å². The maximum atomic E-state index is 9.62. The van der Waals surface area contributed by atoms with Crippen molar-refractivity contribution in [2.75, 3.05) is 19.6 Å². The lowest BCUT2D eigenvalue weighted by Crippen LogP contribution is -2.37. The van der Waals surface area contributed by atoms with Crippen molar-refractivity contribution < 1.29 is 5.11 Å². The predicted molar refractivity (Wildman–Crippen MR) is 61.9 cm³/mol. The molecule has 0 radical (unpaired) electrons. The quantitative estimate of drug-likeness (QED) is 0.689. The molecular formula is C12H24N2O. The zero-order chi connectivity index (χ0) is 10.7. The van der Waals surface area contributed by atoms with Gasteiger partial charge in [-0.05, 0) is 25.7 Å². The summed E-state index contributed by atoms with van der Waals surface area (Å²) in [5.74, 6) is 0. The maximum absolute atomic E-state index is 9.62. The van der Waals surface area contributed by atoms with Crippen molar-refractivity contribution >= 4 is 0 Å². The molecule has 3 heteroatoms. The second kappa shape index (κ2) is 5.28. The van der Waals surface area contributed by atoms with E-state index in [0.717, 1.165) is 25.4 Å². The highest BCUT2D eigenvalue weighted by molar-refractivity contribution is 4.91. The Morgan fingerprint density at radius 2 is 2.20 bits per heavy atom. The van der Waals surface area contributed by atoms with E-state index in [4.69, 9.17) is 0 Å². The summed E-state index contributed by atoms with van der Waals surface area (Å²) >= 11 is 0. The lowest BCUT2D eigenvalue weighted by molar-refractivity contribution is 0.156. The molecule has 2 rings (SSSR count). The van der Waals surface area contributed by atoms with Crippen LogP contribution in [0.5, 0.6) is 0 Å².